The van der Waals surface area contributed by atoms with Gasteiger partial charge in [-0.3, -0.25) is 0 Å². The Morgan fingerprint density at radius 1 is 1.24 bits per heavy atom. The van der Waals surface area contributed by atoms with E-state index in [-0.39, 0.29) is 0 Å². The van der Waals surface area contributed by atoms with Gasteiger partial charge in [0, 0.05) is 10.0 Å². The number of aliphatic hydroxyl groups excluding tert-OH is 1. The third-order valence-electron chi connectivity index (χ3n) is 2.84. The van der Waals surface area contributed by atoms with Crippen molar-refractivity contribution in [2.24, 2.45) is 0 Å². The zero-order valence-electron chi connectivity index (χ0n) is 11.1. The molecule has 0 aliphatic rings. The summed E-state index contributed by atoms with van der Waals surface area (Å²) < 4.78 is 8.12. The molecule has 0 saturated carbocycles. The van der Waals surface area contributed by atoms with Gasteiger partial charge in [0.05, 0.1) is 12.3 Å². The van der Waals surface area contributed by atoms with E-state index in [0.717, 1.165) is 10.0 Å². The van der Waals surface area contributed by atoms with E-state index in [0.29, 0.717) is 24.0 Å². The van der Waals surface area contributed by atoms with Gasteiger partial charge in [-0.25, -0.2) is 4.68 Å². The Hall–Kier alpha value is -2.06. The predicted molar refractivity (Wildman–Crippen MR) is 77.2 cm³/mol. The molecule has 1 unspecified atom stereocenters. The average molecular weight is 350 g/mol. The molecule has 2 aromatic heterocycles. The highest BCUT2D eigenvalue weighted by Gasteiger charge is 2.11. The molecule has 7 nitrogen and oxygen atoms in total. The van der Waals surface area contributed by atoms with Crippen molar-refractivity contribution in [3.05, 3.63) is 46.5 Å². The van der Waals surface area contributed by atoms with Crippen LogP contribution in [0.3, 0.4) is 0 Å². The molecule has 0 radical (unpaired) electrons. The third-order valence-corrected chi connectivity index (χ3v) is 3.37. The molecule has 2 heterocycles. The molecular formula is C13H12BrN5O2. The molecule has 1 aromatic carbocycles. The van der Waals surface area contributed by atoms with Crippen LogP contribution >= 0.6 is 15.9 Å². The fraction of sp³-hybridized carbons (Fsp3) is 0.231. The second kappa shape index (κ2) is 5.74. The second-order valence-electron chi connectivity index (χ2n) is 4.52. The smallest absolute Gasteiger partial charge is 0.247 e. The van der Waals surface area contributed by atoms with Crippen LogP contribution in [0.5, 0.6) is 0 Å². The Balaban J connectivity index is 1.76. The van der Waals surface area contributed by atoms with Crippen LogP contribution in [0, 0.1) is 0 Å². The summed E-state index contributed by atoms with van der Waals surface area (Å²) in [7, 11) is 0. The summed E-state index contributed by atoms with van der Waals surface area (Å²) in [5.41, 5.74) is 1.35. The number of rotatable bonds is 4. The Labute approximate surface area is 128 Å². The fourth-order valence-electron chi connectivity index (χ4n) is 1.75. The first-order valence-corrected chi connectivity index (χ1v) is 7.07. The quantitative estimate of drug-likeness (QED) is 0.776. The largest absolute Gasteiger partial charge is 0.419 e. The summed E-state index contributed by atoms with van der Waals surface area (Å²) in [5.74, 6) is 0.878. The highest BCUT2D eigenvalue weighted by atomic mass is 79.9. The van der Waals surface area contributed by atoms with Gasteiger partial charge < -0.3 is 9.52 Å². The zero-order chi connectivity index (χ0) is 14.8. The maximum Gasteiger partial charge on any atom is 0.247 e. The summed E-state index contributed by atoms with van der Waals surface area (Å²) in [4.78, 5) is 0. The van der Waals surface area contributed by atoms with Crippen LogP contribution in [0.25, 0.3) is 11.5 Å². The van der Waals surface area contributed by atoms with Crippen LogP contribution in [0.1, 0.15) is 24.6 Å². The average Bonchev–Trinajstić information content (AvgIpc) is 3.10. The highest BCUT2D eigenvalue weighted by Crippen LogP contribution is 2.20. The van der Waals surface area contributed by atoms with Crippen molar-refractivity contribution in [2.75, 3.05) is 0 Å². The van der Waals surface area contributed by atoms with Gasteiger partial charge >= 0.3 is 0 Å². The number of nitrogens with zero attached hydrogens (tertiary/aromatic N) is 5. The first-order valence-electron chi connectivity index (χ1n) is 6.28. The lowest BCUT2D eigenvalue weighted by atomic mass is 10.2. The van der Waals surface area contributed by atoms with Gasteiger partial charge in [0.25, 0.3) is 0 Å². The lowest BCUT2D eigenvalue weighted by Crippen LogP contribution is -2.00. The standard InChI is InChI=1S/C13H12BrN5O2/c1-8(20)11-6-19(18-15-11)7-12-16-17-13(21-12)9-2-4-10(14)5-3-9/h2-6,8,20H,7H2,1H3. The van der Waals surface area contributed by atoms with Crippen LogP contribution in [0.15, 0.2) is 39.4 Å². The number of hydrogen-bond donors (Lipinski definition) is 1. The minimum atomic E-state index is -0.653. The first kappa shape index (κ1) is 13.9. The molecule has 3 rings (SSSR count). The number of aromatic nitrogens is 5. The number of aliphatic hydroxyl groups is 1. The molecule has 0 aliphatic heterocycles. The van der Waals surface area contributed by atoms with Gasteiger partial charge in [-0.15, -0.1) is 15.3 Å². The van der Waals surface area contributed by atoms with E-state index in [9.17, 15) is 5.11 Å². The first-order chi connectivity index (χ1) is 10.1. The SMILES string of the molecule is CC(O)c1cn(Cc2nnc(-c3ccc(Br)cc3)o2)nn1. The Morgan fingerprint density at radius 3 is 2.67 bits per heavy atom. The Bertz CT molecular complexity index is 735. The van der Waals surface area contributed by atoms with Gasteiger partial charge in [0.2, 0.25) is 11.8 Å². The monoisotopic (exact) mass is 349 g/mol. The normalized spacial score (nSPS) is 12.5. The molecule has 0 spiro atoms. The van der Waals surface area contributed by atoms with Crippen molar-refractivity contribution < 1.29 is 9.52 Å². The van der Waals surface area contributed by atoms with E-state index >= 15 is 0 Å². The van der Waals surface area contributed by atoms with Crippen LogP contribution in [-0.4, -0.2) is 30.3 Å². The van der Waals surface area contributed by atoms with Gasteiger partial charge in [-0.2, -0.15) is 0 Å². The van der Waals surface area contributed by atoms with Gasteiger partial charge in [-0.05, 0) is 31.2 Å². The molecule has 0 amide bonds. The van der Waals surface area contributed by atoms with E-state index < -0.39 is 6.10 Å². The Kier molecular flexibility index (Phi) is 3.80. The van der Waals surface area contributed by atoms with Crippen LogP contribution in [0.4, 0.5) is 0 Å². The second-order valence-corrected chi connectivity index (χ2v) is 5.44. The molecule has 1 N–H and O–H groups in total. The van der Waals surface area contributed by atoms with Gasteiger partial charge in [0.15, 0.2) is 0 Å². The number of halogens is 1. The molecule has 0 aliphatic carbocycles. The molecule has 21 heavy (non-hydrogen) atoms. The maximum atomic E-state index is 9.41. The van der Waals surface area contributed by atoms with Crippen LogP contribution in [0.2, 0.25) is 0 Å². The van der Waals surface area contributed by atoms with Crippen molar-refractivity contribution in [3.8, 4) is 11.5 Å². The van der Waals surface area contributed by atoms with Gasteiger partial charge in [0.1, 0.15) is 12.2 Å². The van der Waals surface area contributed by atoms with E-state index in [2.05, 4.69) is 36.4 Å². The van der Waals surface area contributed by atoms with E-state index in [4.69, 9.17) is 4.42 Å². The minimum Gasteiger partial charge on any atom is -0.419 e. The summed E-state index contributed by atoms with van der Waals surface area (Å²) in [6.45, 7) is 1.94. The molecule has 0 bridgehead atoms. The molecule has 8 heteroatoms. The Morgan fingerprint density at radius 2 is 2.00 bits per heavy atom. The van der Waals surface area contributed by atoms with E-state index in [1.807, 2.05) is 24.3 Å². The van der Waals surface area contributed by atoms with Crippen molar-refractivity contribution in [2.45, 2.75) is 19.6 Å². The van der Waals surface area contributed by atoms with Gasteiger partial charge in [-0.1, -0.05) is 21.1 Å². The van der Waals surface area contributed by atoms with Crippen molar-refractivity contribution in [1.29, 1.82) is 0 Å². The summed E-state index contributed by atoms with van der Waals surface area (Å²) >= 11 is 3.38. The van der Waals surface area contributed by atoms with Crippen LogP contribution < -0.4 is 0 Å². The molecule has 0 fully saturated rings. The molecule has 108 valence electrons. The third kappa shape index (κ3) is 3.17. The summed E-state index contributed by atoms with van der Waals surface area (Å²) in [5, 5.41) is 25.2. The number of hydrogen-bond acceptors (Lipinski definition) is 6. The highest BCUT2D eigenvalue weighted by molar-refractivity contribution is 9.10. The summed E-state index contributed by atoms with van der Waals surface area (Å²) in [6, 6.07) is 7.60. The van der Waals surface area contributed by atoms with Crippen molar-refractivity contribution >= 4 is 15.9 Å². The van der Waals surface area contributed by atoms with E-state index in [1.54, 1.807) is 17.8 Å². The zero-order valence-corrected chi connectivity index (χ0v) is 12.7. The lowest BCUT2D eigenvalue weighted by molar-refractivity contribution is 0.194. The molecule has 3 aromatic rings. The fourth-order valence-corrected chi connectivity index (χ4v) is 2.01. The van der Waals surface area contributed by atoms with Crippen molar-refractivity contribution in [3.63, 3.8) is 0 Å². The van der Waals surface area contributed by atoms with E-state index in [1.165, 1.54) is 0 Å². The topological polar surface area (TPSA) is 89.9 Å². The lowest BCUT2D eigenvalue weighted by Gasteiger charge is -1.96. The number of benzene rings is 1. The molecule has 1 atom stereocenters. The van der Waals surface area contributed by atoms with Crippen molar-refractivity contribution in [1.82, 2.24) is 25.2 Å². The minimum absolute atomic E-state index is 0.309. The maximum absolute atomic E-state index is 9.41. The molecular weight excluding hydrogens is 338 g/mol. The van der Waals surface area contributed by atoms with Crippen LogP contribution in [-0.2, 0) is 6.54 Å². The predicted octanol–water partition coefficient (Wildman–Crippen LogP) is 2.19. The molecule has 0 saturated heterocycles. The summed E-state index contributed by atoms with van der Waals surface area (Å²) in [6.07, 6.45) is 0.994.